The van der Waals surface area contributed by atoms with E-state index < -0.39 is 0 Å². The summed E-state index contributed by atoms with van der Waals surface area (Å²) in [5.41, 5.74) is 19.1. The number of hydrogen-bond donors (Lipinski definition) is 0. The molecule has 0 radical (unpaired) electrons. The van der Waals surface area contributed by atoms with E-state index in [9.17, 15) is 0 Å². The molecule has 0 saturated heterocycles. The maximum Gasteiger partial charge on any atom is 0.0788 e. The van der Waals surface area contributed by atoms with E-state index in [4.69, 9.17) is 15.0 Å². The molecule has 11 aromatic carbocycles. The SMILES string of the molecule is c1ccc(-c2cccc(-c3cc(-c4cccc(-c5ccccc5)c4)c4cc(-c5ccc(-c6nc7ccccc7c7ccccc67)cc5)nc(-c5ccc(-c6nc7ccccc7c7ccccc67)cc5)c4c3)c2)cc1. The third-order valence-electron chi connectivity index (χ3n) is 14.6. The Balaban J connectivity index is 0.988. The number of para-hydroxylation sites is 2. The molecule has 0 aliphatic carbocycles. The third-order valence-corrected chi connectivity index (χ3v) is 14.6. The number of pyridine rings is 3. The first-order valence-corrected chi connectivity index (χ1v) is 25.2. The first-order valence-electron chi connectivity index (χ1n) is 25.2. The summed E-state index contributed by atoms with van der Waals surface area (Å²) in [5, 5.41) is 9.16. The van der Waals surface area contributed by atoms with Crippen LogP contribution in [0.4, 0.5) is 0 Å². The van der Waals surface area contributed by atoms with Crippen LogP contribution in [-0.2, 0) is 0 Å². The van der Waals surface area contributed by atoms with Crippen LogP contribution in [-0.4, -0.2) is 15.0 Å². The Morgan fingerprint density at radius 1 is 0.176 bits per heavy atom. The van der Waals surface area contributed by atoms with E-state index in [0.717, 1.165) is 116 Å². The molecule has 74 heavy (non-hydrogen) atoms. The van der Waals surface area contributed by atoms with Crippen molar-refractivity contribution in [3.05, 3.63) is 273 Å². The minimum atomic E-state index is 0.890. The van der Waals surface area contributed by atoms with Crippen LogP contribution in [0.3, 0.4) is 0 Å². The summed E-state index contributed by atoms with van der Waals surface area (Å²) in [6.07, 6.45) is 0. The lowest BCUT2D eigenvalue weighted by Crippen LogP contribution is -1.95. The summed E-state index contributed by atoms with van der Waals surface area (Å²) < 4.78 is 0. The molecule has 0 fully saturated rings. The minimum absolute atomic E-state index is 0.890. The van der Waals surface area contributed by atoms with Crippen LogP contribution in [0.5, 0.6) is 0 Å². The Hall–Kier alpha value is -9.83. The zero-order chi connectivity index (χ0) is 49.0. The van der Waals surface area contributed by atoms with Gasteiger partial charge in [-0.3, -0.25) is 0 Å². The summed E-state index contributed by atoms with van der Waals surface area (Å²) >= 11 is 0. The highest BCUT2D eigenvalue weighted by Crippen LogP contribution is 2.43. The van der Waals surface area contributed by atoms with Crippen molar-refractivity contribution in [2.45, 2.75) is 0 Å². The summed E-state index contributed by atoms with van der Waals surface area (Å²) in [7, 11) is 0. The molecule has 3 heterocycles. The molecule has 0 atom stereocenters. The van der Waals surface area contributed by atoms with Crippen molar-refractivity contribution in [1.82, 2.24) is 15.0 Å². The predicted molar refractivity (Wildman–Crippen MR) is 311 cm³/mol. The van der Waals surface area contributed by atoms with E-state index in [2.05, 4.69) is 273 Å². The third kappa shape index (κ3) is 7.67. The minimum Gasteiger partial charge on any atom is -0.247 e. The van der Waals surface area contributed by atoms with Crippen molar-refractivity contribution in [3.63, 3.8) is 0 Å². The lowest BCUT2D eigenvalue weighted by Gasteiger charge is -2.18. The van der Waals surface area contributed by atoms with Gasteiger partial charge in [0.05, 0.1) is 33.8 Å². The fraction of sp³-hybridized carbons (Fsp3) is 0. The van der Waals surface area contributed by atoms with Gasteiger partial charge in [-0.05, 0) is 103 Å². The molecule has 14 rings (SSSR count). The normalized spacial score (nSPS) is 11.5. The number of benzene rings is 11. The lowest BCUT2D eigenvalue weighted by atomic mass is 9.88. The second kappa shape index (κ2) is 18.1. The Kier molecular flexibility index (Phi) is 10.5. The van der Waals surface area contributed by atoms with E-state index in [1.165, 1.54) is 27.5 Å². The van der Waals surface area contributed by atoms with Crippen LogP contribution in [0.25, 0.3) is 144 Å². The molecule has 0 bridgehead atoms. The molecule has 0 N–H and O–H groups in total. The number of hydrogen-bond acceptors (Lipinski definition) is 3. The molecule has 0 aliphatic heterocycles. The summed E-state index contributed by atoms with van der Waals surface area (Å²) in [6, 6.07) is 97.9. The lowest BCUT2D eigenvalue weighted by molar-refractivity contribution is 1.35. The monoisotopic (exact) mass is 939 g/mol. The molecule has 3 heteroatoms. The van der Waals surface area contributed by atoms with Gasteiger partial charge in [-0.15, -0.1) is 0 Å². The zero-order valence-electron chi connectivity index (χ0n) is 40.3. The van der Waals surface area contributed by atoms with Gasteiger partial charge in [0.1, 0.15) is 0 Å². The van der Waals surface area contributed by atoms with Crippen molar-refractivity contribution >= 4 is 54.1 Å². The van der Waals surface area contributed by atoms with Gasteiger partial charge in [-0.2, -0.15) is 0 Å². The topological polar surface area (TPSA) is 38.7 Å². The highest BCUT2D eigenvalue weighted by molar-refractivity contribution is 6.13. The van der Waals surface area contributed by atoms with Crippen LogP contribution in [0, 0.1) is 0 Å². The van der Waals surface area contributed by atoms with Gasteiger partial charge >= 0.3 is 0 Å². The molecule has 0 aliphatic rings. The predicted octanol–water partition coefficient (Wildman–Crippen LogP) is 19.0. The Bertz CT molecular complexity index is 4450. The van der Waals surface area contributed by atoms with Crippen molar-refractivity contribution in [3.8, 4) is 89.5 Å². The number of rotatable bonds is 8. The van der Waals surface area contributed by atoms with Crippen LogP contribution in [0.15, 0.2) is 273 Å². The van der Waals surface area contributed by atoms with Gasteiger partial charge in [0.2, 0.25) is 0 Å². The maximum absolute atomic E-state index is 5.70. The fourth-order valence-corrected chi connectivity index (χ4v) is 11.0. The van der Waals surface area contributed by atoms with Crippen molar-refractivity contribution < 1.29 is 0 Å². The Morgan fingerprint density at radius 3 is 1.07 bits per heavy atom. The standard InChI is InChI=1S/C71H45N3/c1-3-17-46(18-4-1)52-21-15-23-54(41-52)56-43-63(55-24-16-22-53(42-55)47-19-5-2-6-20-47)64-45-68(48-33-35-49(36-34-48)69-61-29-9-7-25-57(61)59-27-11-13-31-66(59)72-69)74-71(65(64)44-56)51-39-37-50(38-40-51)70-62-30-10-8-26-58(62)60-28-12-14-32-67(60)73-70/h1-45H. The van der Waals surface area contributed by atoms with Gasteiger partial charge in [0.15, 0.2) is 0 Å². The zero-order valence-corrected chi connectivity index (χ0v) is 40.3. The Labute approximate surface area is 429 Å². The first-order chi connectivity index (χ1) is 36.7. The Morgan fingerprint density at radius 2 is 0.554 bits per heavy atom. The van der Waals surface area contributed by atoms with E-state index in [1.807, 2.05) is 0 Å². The number of nitrogens with zero attached hydrogens (tertiary/aromatic N) is 3. The van der Waals surface area contributed by atoms with Crippen molar-refractivity contribution in [2.75, 3.05) is 0 Å². The van der Waals surface area contributed by atoms with Gasteiger partial charge in [-0.1, -0.05) is 231 Å². The summed E-state index contributed by atoms with van der Waals surface area (Å²) in [4.78, 5) is 16.2. The molecule has 0 spiro atoms. The highest BCUT2D eigenvalue weighted by atomic mass is 14.7. The van der Waals surface area contributed by atoms with Crippen molar-refractivity contribution in [2.24, 2.45) is 0 Å². The molecule has 344 valence electrons. The van der Waals surface area contributed by atoms with E-state index >= 15 is 0 Å². The average molecular weight is 940 g/mol. The molecule has 3 aromatic heterocycles. The van der Waals surface area contributed by atoms with E-state index in [0.29, 0.717) is 0 Å². The second-order valence-corrected chi connectivity index (χ2v) is 19.1. The average Bonchev–Trinajstić information content (AvgIpc) is 3.49. The van der Waals surface area contributed by atoms with Gasteiger partial charge < -0.3 is 0 Å². The summed E-state index contributed by atoms with van der Waals surface area (Å²) in [6.45, 7) is 0. The highest BCUT2D eigenvalue weighted by Gasteiger charge is 2.19. The van der Waals surface area contributed by atoms with Crippen LogP contribution in [0.1, 0.15) is 0 Å². The van der Waals surface area contributed by atoms with Crippen molar-refractivity contribution in [1.29, 1.82) is 0 Å². The first kappa shape index (κ1) is 43.0. The second-order valence-electron chi connectivity index (χ2n) is 19.1. The van der Waals surface area contributed by atoms with E-state index in [-0.39, 0.29) is 0 Å². The summed E-state index contributed by atoms with van der Waals surface area (Å²) in [5.74, 6) is 0. The quantitative estimate of drug-likeness (QED) is 0.143. The van der Waals surface area contributed by atoms with Gasteiger partial charge in [-0.25, -0.2) is 15.0 Å². The van der Waals surface area contributed by atoms with Crippen LogP contribution in [0.2, 0.25) is 0 Å². The maximum atomic E-state index is 5.70. The molecule has 3 nitrogen and oxygen atoms in total. The van der Waals surface area contributed by atoms with E-state index in [1.54, 1.807) is 0 Å². The largest absolute Gasteiger partial charge is 0.247 e. The van der Waals surface area contributed by atoms with Gasteiger partial charge in [0, 0.05) is 49.2 Å². The van der Waals surface area contributed by atoms with Crippen LogP contribution >= 0.6 is 0 Å². The number of aromatic nitrogens is 3. The van der Waals surface area contributed by atoms with Gasteiger partial charge in [0.25, 0.3) is 0 Å². The molecule has 0 saturated carbocycles. The molecule has 0 unspecified atom stereocenters. The molecule has 0 amide bonds. The molecular weight excluding hydrogens is 895 g/mol. The van der Waals surface area contributed by atoms with Crippen LogP contribution < -0.4 is 0 Å². The number of fused-ring (bicyclic) bond motifs is 7. The molecular formula is C71H45N3. The fourth-order valence-electron chi connectivity index (χ4n) is 11.0. The smallest absolute Gasteiger partial charge is 0.0788 e. The molecule has 14 aromatic rings.